The van der Waals surface area contributed by atoms with Crippen molar-refractivity contribution in [3.63, 3.8) is 0 Å². The van der Waals surface area contributed by atoms with Gasteiger partial charge >= 0.3 is 5.97 Å². The second-order valence-electron chi connectivity index (χ2n) is 6.49. The molecule has 0 aromatic rings. The molecule has 17 heavy (non-hydrogen) atoms. The number of piperidine rings is 1. The summed E-state index contributed by atoms with van der Waals surface area (Å²) >= 11 is 0. The van der Waals surface area contributed by atoms with Crippen LogP contribution in [0.4, 0.5) is 0 Å². The summed E-state index contributed by atoms with van der Waals surface area (Å²) in [5, 5.41) is 0. The quantitative estimate of drug-likeness (QED) is 0.708. The fraction of sp³-hybridized carbons (Fsp3) is 0.929. The van der Waals surface area contributed by atoms with E-state index in [0.717, 1.165) is 19.0 Å². The Morgan fingerprint density at radius 2 is 2.12 bits per heavy atom. The number of carbonyl (C=O) groups is 1. The number of rotatable bonds is 3. The Bertz CT molecular complexity index is 313. The third-order valence-corrected chi connectivity index (χ3v) is 5.33. The largest absolute Gasteiger partial charge is 0.465 e. The molecule has 0 radical (unpaired) electrons. The summed E-state index contributed by atoms with van der Waals surface area (Å²) in [7, 11) is 0. The summed E-state index contributed by atoms with van der Waals surface area (Å²) in [6, 6.07) is 0. The van der Waals surface area contributed by atoms with Crippen LogP contribution in [0.25, 0.3) is 0 Å². The Morgan fingerprint density at radius 3 is 2.71 bits per heavy atom. The minimum absolute atomic E-state index is 0.0739. The Hall–Kier alpha value is -0.570. The summed E-state index contributed by atoms with van der Waals surface area (Å²) in [5.74, 6) is 0.658. The molecule has 2 bridgehead atoms. The first-order valence-corrected chi connectivity index (χ1v) is 6.77. The molecule has 3 heteroatoms. The molecule has 1 aliphatic carbocycles. The molecule has 2 atom stereocenters. The molecule has 1 heterocycles. The van der Waals surface area contributed by atoms with Crippen LogP contribution in [-0.4, -0.2) is 37.1 Å². The van der Waals surface area contributed by atoms with Crippen LogP contribution in [0.15, 0.2) is 0 Å². The minimum Gasteiger partial charge on any atom is -0.465 e. The molecule has 98 valence electrons. The highest BCUT2D eigenvalue weighted by Crippen LogP contribution is 2.58. The van der Waals surface area contributed by atoms with E-state index < -0.39 is 0 Å². The molecule has 2 aliphatic rings. The van der Waals surface area contributed by atoms with Crippen LogP contribution in [0.1, 0.15) is 40.5 Å². The van der Waals surface area contributed by atoms with Gasteiger partial charge in [-0.3, -0.25) is 9.69 Å². The van der Waals surface area contributed by atoms with Gasteiger partial charge in [-0.1, -0.05) is 20.8 Å². The average Bonchev–Trinajstić information content (AvgIpc) is 2.38. The molecule has 1 saturated carbocycles. The number of nitrogens with zero attached hydrogens (tertiary/aromatic N) is 1. The number of hydrogen-bond donors (Lipinski definition) is 0. The monoisotopic (exact) mass is 239 g/mol. The van der Waals surface area contributed by atoms with Crippen molar-refractivity contribution >= 4 is 5.97 Å². The first-order chi connectivity index (χ1) is 7.89. The Kier molecular flexibility index (Phi) is 3.23. The lowest BCUT2D eigenvalue weighted by molar-refractivity contribution is -0.146. The lowest BCUT2D eigenvalue weighted by atomic mass is 9.63. The Morgan fingerprint density at radius 1 is 1.41 bits per heavy atom. The molecular weight excluding hydrogens is 214 g/mol. The smallest absolute Gasteiger partial charge is 0.320 e. The second-order valence-corrected chi connectivity index (χ2v) is 6.49. The van der Waals surface area contributed by atoms with Gasteiger partial charge in [0.25, 0.3) is 0 Å². The maximum absolute atomic E-state index is 11.5. The van der Waals surface area contributed by atoms with E-state index >= 15 is 0 Å². The first-order valence-electron chi connectivity index (χ1n) is 6.77. The van der Waals surface area contributed by atoms with E-state index in [1.807, 2.05) is 6.92 Å². The van der Waals surface area contributed by atoms with Crippen LogP contribution in [0.2, 0.25) is 0 Å². The molecule has 0 aromatic carbocycles. The number of hydrogen-bond acceptors (Lipinski definition) is 3. The van der Waals surface area contributed by atoms with Gasteiger partial charge in [0.1, 0.15) is 0 Å². The standard InChI is InChI=1S/C14H25NO2/c1-5-17-12(16)9-15-8-11-6-7-14(4,10-15)13(11,2)3/h11H,5-10H2,1-4H3. The zero-order valence-electron chi connectivity index (χ0n) is 11.6. The van der Waals surface area contributed by atoms with Gasteiger partial charge in [0.15, 0.2) is 0 Å². The molecule has 0 aromatic heterocycles. The van der Waals surface area contributed by atoms with E-state index in [1.165, 1.54) is 12.8 Å². The van der Waals surface area contributed by atoms with Gasteiger partial charge in [-0.25, -0.2) is 0 Å². The Balaban J connectivity index is 2.01. The van der Waals surface area contributed by atoms with Crippen molar-refractivity contribution in [2.24, 2.45) is 16.7 Å². The second kappa shape index (κ2) is 4.27. The Labute approximate surface area is 105 Å². The lowest BCUT2D eigenvalue weighted by Crippen LogP contribution is -2.53. The number of esters is 1. The molecule has 3 nitrogen and oxygen atoms in total. The van der Waals surface area contributed by atoms with Gasteiger partial charge in [-0.05, 0) is 36.5 Å². The SMILES string of the molecule is CCOC(=O)CN1CC2CCC(C)(C1)C2(C)C. The zero-order valence-corrected chi connectivity index (χ0v) is 11.6. The number of carbonyl (C=O) groups excluding carboxylic acids is 1. The highest BCUT2D eigenvalue weighted by Gasteiger charge is 2.55. The molecular formula is C14H25NO2. The summed E-state index contributed by atoms with van der Waals surface area (Å²) in [4.78, 5) is 13.8. The minimum atomic E-state index is -0.0739. The van der Waals surface area contributed by atoms with E-state index in [1.54, 1.807) is 0 Å². The zero-order chi connectivity index (χ0) is 12.7. The van der Waals surface area contributed by atoms with Crippen molar-refractivity contribution in [1.82, 2.24) is 4.90 Å². The maximum Gasteiger partial charge on any atom is 0.320 e. The van der Waals surface area contributed by atoms with Gasteiger partial charge in [-0.2, -0.15) is 0 Å². The van der Waals surface area contributed by atoms with Gasteiger partial charge in [0.2, 0.25) is 0 Å². The highest BCUT2D eigenvalue weighted by molar-refractivity contribution is 5.71. The van der Waals surface area contributed by atoms with E-state index in [9.17, 15) is 4.79 Å². The van der Waals surface area contributed by atoms with Crippen molar-refractivity contribution in [3.05, 3.63) is 0 Å². The number of likely N-dealkylation sites (tertiary alicyclic amines) is 1. The third-order valence-electron chi connectivity index (χ3n) is 5.33. The van der Waals surface area contributed by atoms with Crippen molar-refractivity contribution in [3.8, 4) is 0 Å². The van der Waals surface area contributed by atoms with Crippen LogP contribution in [0.5, 0.6) is 0 Å². The predicted octanol–water partition coefficient (Wildman–Crippen LogP) is 2.31. The van der Waals surface area contributed by atoms with Crippen LogP contribution >= 0.6 is 0 Å². The van der Waals surface area contributed by atoms with Crippen molar-refractivity contribution in [1.29, 1.82) is 0 Å². The molecule has 2 fully saturated rings. The van der Waals surface area contributed by atoms with Gasteiger partial charge in [0.05, 0.1) is 13.2 Å². The van der Waals surface area contributed by atoms with Gasteiger partial charge in [-0.15, -0.1) is 0 Å². The fourth-order valence-electron chi connectivity index (χ4n) is 3.65. The topological polar surface area (TPSA) is 29.5 Å². The molecule has 0 amide bonds. The predicted molar refractivity (Wildman–Crippen MR) is 67.7 cm³/mol. The highest BCUT2D eigenvalue weighted by atomic mass is 16.5. The number of ether oxygens (including phenoxy) is 1. The fourth-order valence-corrected chi connectivity index (χ4v) is 3.65. The molecule has 2 rings (SSSR count). The van der Waals surface area contributed by atoms with Crippen molar-refractivity contribution < 1.29 is 9.53 Å². The summed E-state index contributed by atoms with van der Waals surface area (Å²) in [5.41, 5.74) is 0.778. The van der Waals surface area contributed by atoms with Crippen LogP contribution in [-0.2, 0) is 9.53 Å². The first kappa shape index (κ1) is 12.9. The van der Waals surface area contributed by atoms with Gasteiger partial charge < -0.3 is 4.74 Å². The molecule has 1 aliphatic heterocycles. The molecule has 0 spiro atoms. The van der Waals surface area contributed by atoms with Crippen LogP contribution in [0, 0.1) is 16.7 Å². The third kappa shape index (κ3) is 2.10. The normalized spacial score (nSPS) is 35.9. The molecule has 0 N–H and O–H groups in total. The van der Waals surface area contributed by atoms with Gasteiger partial charge in [0, 0.05) is 13.1 Å². The van der Waals surface area contributed by atoms with Crippen molar-refractivity contribution in [2.45, 2.75) is 40.5 Å². The van der Waals surface area contributed by atoms with Crippen LogP contribution in [0.3, 0.4) is 0 Å². The van der Waals surface area contributed by atoms with Crippen molar-refractivity contribution in [2.75, 3.05) is 26.2 Å². The molecule has 1 saturated heterocycles. The lowest BCUT2D eigenvalue weighted by Gasteiger charge is -2.50. The van der Waals surface area contributed by atoms with E-state index in [0.29, 0.717) is 24.0 Å². The van der Waals surface area contributed by atoms with E-state index in [2.05, 4.69) is 25.7 Å². The summed E-state index contributed by atoms with van der Waals surface area (Å²) < 4.78 is 5.04. The van der Waals surface area contributed by atoms with Crippen LogP contribution < -0.4 is 0 Å². The average molecular weight is 239 g/mol. The summed E-state index contributed by atoms with van der Waals surface area (Å²) in [6.07, 6.45) is 2.60. The van der Waals surface area contributed by atoms with E-state index in [-0.39, 0.29) is 5.97 Å². The van der Waals surface area contributed by atoms with E-state index in [4.69, 9.17) is 4.74 Å². The number of fused-ring (bicyclic) bond motifs is 2. The summed E-state index contributed by atoms with van der Waals surface area (Å²) in [6.45, 7) is 12.1. The maximum atomic E-state index is 11.5. The molecule has 2 unspecified atom stereocenters.